The highest BCUT2D eigenvalue weighted by Crippen LogP contribution is 2.31. The molecule has 0 atom stereocenters. The van der Waals surface area contributed by atoms with Crippen LogP contribution in [0.25, 0.3) is 21.9 Å². The van der Waals surface area contributed by atoms with Gasteiger partial charge < -0.3 is 4.74 Å². The minimum atomic E-state index is -0.643. The lowest BCUT2D eigenvalue weighted by Gasteiger charge is -2.09. The summed E-state index contributed by atoms with van der Waals surface area (Å²) in [5.41, 5.74) is 1.26. The maximum absolute atomic E-state index is 14.1. The summed E-state index contributed by atoms with van der Waals surface area (Å²) in [6, 6.07) is 13.9. The zero-order chi connectivity index (χ0) is 15.7. The Bertz CT molecular complexity index is 872. The van der Waals surface area contributed by atoms with Gasteiger partial charge in [0.25, 0.3) is 0 Å². The van der Waals surface area contributed by atoms with Crippen molar-refractivity contribution in [1.29, 1.82) is 0 Å². The van der Waals surface area contributed by atoms with Gasteiger partial charge in [-0.1, -0.05) is 24.3 Å². The van der Waals surface area contributed by atoms with E-state index in [1.807, 2.05) is 6.07 Å². The molecule has 22 heavy (non-hydrogen) atoms. The molecule has 0 N–H and O–H groups in total. The molecule has 0 amide bonds. The molecule has 0 aliphatic carbocycles. The van der Waals surface area contributed by atoms with Crippen molar-refractivity contribution in [3.63, 3.8) is 0 Å². The largest absolute Gasteiger partial charge is 0.465 e. The Morgan fingerprint density at radius 1 is 0.955 bits per heavy atom. The zero-order valence-corrected chi connectivity index (χ0v) is 11.8. The Morgan fingerprint density at radius 2 is 1.77 bits per heavy atom. The van der Waals surface area contributed by atoms with Crippen molar-refractivity contribution in [2.75, 3.05) is 7.11 Å². The molecule has 0 heterocycles. The fraction of sp³-hybridized carbons (Fsp3) is 0.0556. The van der Waals surface area contributed by atoms with Crippen LogP contribution in [0.5, 0.6) is 0 Å². The molecule has 0 saturated heterocycles. The summed E-state index contributed by atoms with van der Waals surface area (Å²) in [6.07, 6.45) is 0. The number of esters is 1. The van der Waals surface area contributed by atoms with Crippen LogP contribution >= 0.6 is 0 Å². The summed E-state index contributed by atoms with van der Waals surface area (Å²) >= 11 is 0. The number of halogens is 2. The minimum absolute atomic E-state index is 0.286. The standard InChI is InChI=1S/C18H12F2O2/c1-22-18(21)12-6-5-11-3-2-4-14(16(11)9-12)15-8-7-13(19)10-17(15)20/h2-10H,1H3. The van der Waals surface area contributed by atoms with Gasteiger partial charge in [0.1, 0.15) is 11.6 Å². The fourth-order valence-electron chi connectivity index (χ4n) is 2.46. The lowest BCUT2D eigenvalue weighted by molar-refractivity contribution is 0.0601. The molecule has 0 bridgehead atoms. The van der Waals surface area contributed by atoms with E-state index in [0.29, 0.717) is 16.5 Å². The number of fused-ring (bicyclic) bond motifs is 1. The van der Waals surface area contributed by atoms with Gasteiger partial charge in [-0.15, -0.1) is 0 Å². The summed E-state index contributed by atoms with van der Waals surface area (Å²) in [6.45, 7) is 0. The smallest absolute Gasteiger partial charge is 0.337 e. The first kappa shape index (κ1) is 14.2. The van der Waals surface area contributed by atoms with Crippen molar-refractivity contribution in [2.45, 2.75) is 0 Å². The van der Waals surface area contributed by atoms with E-state index in [2.05, 4.69) is 0 Å². The van der Waals surface area contributed by atoms with E-state index in [9.17, 15) is 13.6 Å². The number of rotatable bonds is 2. The second-order valence-corrected chi connectivity index (χ2v) is 4.86. The third-order valence-corrected chi connectivity index (χ3v) is 3.52. The van der Waals surface area contributed by atoms with Crippen molar-refractivity contribution in [3.05, 3.63) is 71.8 Å². The average molecular weight is 298 g/mol. The molecule has 3 aromatic rings. The monoisotopic (exact) mass is 298 g/mol. The van der Waals surface area contributed by atoms with Crippen LogP contribution in [0, 0.1) is 11.6 Å². The highest BCUT2D eigenvalue weighted by molar-refractivity contribution is 6.01. The Labute approximate surface area is 126 Å². The number of methoxy groups -OCH3 is 1. The van der Waals surface area contributed by atoms with Crippen molar-refractivity contribution >= 4 is 16.7 Å². The van der Waals surface area contributed by atoms with Gasteiger partial charge in [-0.3, -0.25) is 0 Å². The quantitative estimate of drug-likeness (QED) is 0.648. The van der Waals surface area contributed by atoms with Crippen LogP contribution in [0.3, 0.4) is 0 Å². The normalized spacial score (nSPS) is 10.7. The lowest BCUT2D eigenvalue weighted by atomic mass is 9.96. The third kappa shape index (κ3) is 2.44. The summed E-state index contributed by atoms with van der Waals surface area (Å²) in [5.74, 6) is -1.73. The first-order valence-electron chi connectivity index (χ1n) is 6.66. The highest BCUT2D eigenvalue weighted by Gasteiger charge is 2.12. The molecular weight excluding hydrogens is 286 g/mol. The number of hydrogen-bond acceptors (Lipinski definition) is 2. The van der Waals surface area contributed by atoms with Crippen LogP contribution in [-0.2, 0) is 4.74 Å². The summed E-state index contributed by atoms with van der Waals surface area (Å²) in [5, 5.41) is 1.56. The molecule has 0 aliphatic heterocycles. The fourth-order valence-corrected chi connectivity index (χ4v) is 2.46. The second-order valence-electron chi connectivity index (χ2n) is 4.86. The Hall–Kier alpha value is -2.75. The van der Waals surface area contributed by atoms with Crippen molar-refractivity contribution in [3.8, 4) is 11.1 Å². The van der Waals surface area contributed by atoms with Gasteiger partial charge in [0.2, 0.25) is 0 Å². The first-order valence-corrected chi connectivity index (χ1v) is 6.66. The van der Waals surface area contributed by atoms with Gasteiger partial charge in [0.05, 0.1) is 12.7 Å². The SMILES string of the molecule is COC(=O)c1ccc2cccc(-c3ccc(F)cc3F)c2c1. The van der Waals surface area contributed by atoms with Crippen LogP contribution in [0.1, 0.15) is 10.4 Å². The molecular formula is C18H12F2O2. The van der Waals surface area contributed by atoms with E-state index in [1.54, 1.807) is 30.3 Å². The van der Waals surface area contributed by atoms with Gasteiger partial charge in [0, 0.05) is 11.6 Å². The first-order chi connectivity index (χ1) is 10.6. The van der Waals surface area contributed by atoms with Gasteiger partial charge in [-0.25, -0.2) is 13.6 Å². The van der Waals surface area contributed by atoms with Gasteiger partial charge in [-0.2, -0.15) is 0 Å². The molecule has 0 aliphatic rings. The Balaban J connectivity index is 2.26. The predicted molar refractivity (Wildman–Crippen MR) is 80.6 cm³/mol. The minimum Gasteiger partial charge on any atom is -0.465 e. The maximum atomic E-state index is 14.1. The van der Waals surface area contributed by atoms with Crippen LogP contribution in [0.2, 0.25) is 0 Å². The summed E-state index contributed by atoms with van der Waals surface area (Å²) in [7, 11) is 1.30. The van der Waals surface area contributed by atoms with Gasteiger partial charge in [0.15, 0.2) is 0 Å². The molecule has 2 nitrogen and oxygen atoms in total. The molecule has 3 rings (SSSR count). The molecule has 3 aromatic carbocycles. The third-order valence-electron chi connectivity index (χ3n) is 3.52. The van der Waals surface area contributed by atoms with E-state index in [-0.39, 0.29) is 5.56 Å². The number of benzene rings is 3. The summed E-state index contributed by atoms with van der Waals surface area (Å²) < 4.78 is 31.9. The van der Waals surface area contributed by atoms with Crippen molar-refractivity contribution in [1.82, 2.24) is 0 Å². The van der Waals surface area contributed by atoms with Crippen LogP contribution in [0.4, 0.5) is 8.78 Å². The molecule has 0 spiro atoms. The van der Waals surface area contributed by atoms with E-state index in [0.717, 1.165) is 11.5 Å². The molecule has 0 fully saturated rings. The molecule has 0 unspecified atom stereocenters. The topological polar surface area (TPSA) is 26.3 Å². The van der Waals surface area contributed by atoms with Gasteiger partial charge >= 0.3 is 5.97 Å². The highest BCUT2D eigenvalue weighted by atomic mass is 19.1. The second kappa shape index (κ2) is 5.56. The lowest BCUT2D eigenvalue weighted by Crippen LogP contribution is -2.00. The molecule has 0 aromatic heterocycles. The average Bonchev–Trinajstić information content (AvgIpc) is 2.53. The van der Waals surface area contributed by atoms with Crippen LogP contribution < -0.4 is 0 Å². The molecule has 0 saturated carbocycles. The van der Waals surface area contributed by atoms with E-state index < -0.39 is 17.6 Å². The van der Waals surface area contributed by atoms with Crippen molar-refractivity contribution < 1.29 is 18.3 Å². The number of ether oxygens (including phenoxy) is 1. The predicted octanol–water partition coefficient (Wildman–Crippen LogP) is 4.57. The van der Waals surface area contributed by atoms with Crippen molar-refractivity contribution in [2.24, 2.45) is 0 Å². The number of hydrogen-bond donors (Lipinski definition) is 0. The van der Waals surface area contributed by atoms with E-state index in [1.165, 1.54) is 19.2 Å². The molecule has 110 valence electrons. The van der Waals surface area contributed by atoms with E-state index >= 15 is 0 Å². The van der Waals surface area contributed by atoms with Crippen LogP contribution in [0.15, 0.2) is 54.6 Å². The number of carbonyl (C=O) groups is 1. The Morgan fingerprint density at radius 3 is 2.50 bits per heavy atom. The molecule has 4 heteroatoms. The maximum Gasteiger partial charge on any atom is 0.337 e. The number of carbonyl (C=O) groups excluding carboxylic acids is 1. The summed E-state index contributed by atoms with van der Waals surface area (Å²) in [4.78, 5) is 11.7. The molecule has 0 radical (unpaired) electrons. The van der Waals surface area contributed by atoms with Gasteiger partial charge in [-0.05, 0) is 40.6 Å². The van der Waals surface area contributed by atoms with E-state index in [4.69, 9.17) is 4.74 Å². The Kier molecular flexibility index (Phi) is 3.59. The zero-order valence-electron chi connectivity index (χ0n) is 11.8. The van der Waals surface area contributed by atoms with Crippen LogP contribution in [-0.4, -0.2) is 13.1 Å².